The molecule has 0 saturated carbocycles. The minimum absolute atomic E-state index is 0.0419. The molecular weight excluding hydrogens is 431 g/mol. The first-order chi connectivity index (χ1) is 14.8. The molecule has 10 heteroatoms. The third-order valence-electron chi connectivity index (χ3n) is 4.42. The highest BCUT2D eigenvalue weighted by atomic mass is 35.5. The third-order valence-corrected chi connectivity index (χ3v) is 4.60. The second-order valence-electron chi connectivity index (χ2n) is 6.62. The second kappa shape index (κ2) is 8.35. The summed E-state index contributed by atoms with van der Waals surface area (Å²) in [6.45, 7) is 0.168. The van der Waals surface area contributed by atoms with Crippen LogP contribution in [0, 0.1) is 0 Å². The number of nitrogens with zero attached hydrogens (tertiary/aromatic N) is 5. The molecule has 0 aliphatic carbocycles. The molecule has 3 heterocycles. The predicted molar refractivity (Wildman–Crippen MR) is 108 cm³/mol. The monoisotopic (exact) mass is 445 g/mol. The zero-order valence-electron chi connectivity index (χ0n) is 16.1. The maximum Gasteiger partial charge on any atom is 0.434 e. The lowest BCUT2D eigenvalue weighted by Crippen LogP contribution is -2.04. The van der Waals surface area contributed by atoms with E-state index >= 15 is 0 Å². The van der Waals surface area contributed by atoms with Crippen LogP contribution < -0.4 is 4.74 Å². The molecule has 0 atom stereocenters. The molecule has 158 valence electrons. The first kappa shape index (κ1) is 20.8. The fourth-order valence-electron chi connectivity index (χ4n) is 2.93. The van der Waals surface area contributed by atoms with E-state index in [1.54, 1.807) is 42.6 Å². The van der Waals surface area contributed by atoms with Gasteiger partial charge in [-0.15, -0.1) is 0 Å². The molecule has 0 aliphatic rings. The van der Waals surface area contributed by atoms with Crippen LogP contribution in [0.5, 0.6) is 5.88 Å². The minimum Gasteiger partial charge on any atom is -0.472 e. The Hall–Kier alpha value is -3.46. The van der Waals surface area contributed by atoms with E-state index in [0.717, 1.165) is 11.8 Å². The van der Waals surface area contributed by atoms with Crippen LogP contribution in [0.2, 0.25) is 5.28 Å². The van der Waals surface area contributed by atoms with Crippen molar-refractivity contribution in [2.75, 3.05) is 0 Å². The molecule has 4 aromatic rings. The average Bonchev–Trinajstić information content (AvgIpc) is 3.15. The number of ether oxygens (including phenoxy) is 1. The Balaban J connectivity index is 1.53. The van der Waals surface area contributed by atoms with Gasteiger partial charge in [0, 0.05) is 31.2 Å². The molecule has 3 aromatic heterocycles. The first-order valence-corrected chi connectivity index (χ1v) is 9.45. The molecule has 0 N–H and O–H groups in total. The highest BCUT2D eigenvalue weighted by Gasteiger charge is 2.34. The van der Waals surface area contributed by atoms with Crippen LogP contribution in [-0.4, -0.2) is 24.5 Å². The first-order valence-electron chi connectivity index (χ1n) is 9.08. The van der Waals surface area contributed by atoms with Gasteiger partial charge in [0.1, 0.15) is 12.4 Å². The van der Waals surface area contributed by atoms with Gasteiger partial charge in [0.15, 0.2) is 5.69 Å². The summed E-state index contributed by atoms with van der Waals surface area (Å²) in [5.41, 5.74) is 1.64. The number of hydrogen-bond acceptors (Lipinski definition) is 5. The molecule has 0 saturated heterocycles. The van der Waals surface area contributed by atoms with Gasteiger partial charge in [-0.2, -0.15) is 18.2 Å². The maximum atomic E-state index is 12.9. The number of halogens is 4. The number of benzene rings is 1. The molecular formula is C21H15ClF3N5O. The Morgan fingerprint density at radius 2 is 1.81 bits per heavy atom. The van der Waals surface area contributed by atoms with Gasteiger partial charge >= 0.3 is 6.18 Å². The number of rotatable bonds is 5. The van der Waals surface area contributed by atoms with Gasteiger partial charge in [-0.3, -0.25) is 4.98 Å². The van der Waals surface area contributed by atoms with Crippen molar-refractivity contribution in [3.05, 3.63) is 77.6 Å². The van der Waals surface area contributed by atoms with Crippen LogP contribution in [0.25, 0.3) is 22.6 Å². The van der Waals surface area contributed by atoms with E-state index in [-0.39, 0.29) is 23.6 Å². The third kappa shape index (κ3) is 4.66. The van der Waals surface area contributed by atoms with Gasteiger partial charge in [-0.05, 0) is 29.3 Å². The van der Waals surface area contributed by atoms with Crippen molar-refractivity contribution in [3.8, 4) is 28.5 Å². The summed E-state index contributed by atoms with van der Waals surface area (Å²) in [5, 5.41) is 0.0419. The average molecular weight is 446 g/mol. The number of aryl methyl sites for hydroxylation is 1. The van der Waals surface area contributed by atoms with E-state index in [1.165, 1.54) is 17.8 Å². The topological polar surface area (TPSA) is 65.7 Å². The van der Waals surface area contributed by atoms with E-state index < -0.39 is 11.9 Å². The van der Waals surface area contributed by atoms with Gasteiger partial charge in [0.25, 0.3) is 0 Å². The predicted octanol–water partition coefficient (Wildman–Crippen LogP) is 5.19. The van der Waals surface area contributed by atoms with E-state index in [9.17, 15) is 13.2 Å². The van der Waals surface area contributed by atoms with E-state index in [0.29, 0.717) is 16.8 Å². The normalized spacial score (nSPS) is 11.5. The van der Waals surface area contributed by atoms with Crippen molar-refractivity contribution < 1.29 is 17.9 Å². The molecule has 0 aliphatic heterocycles. The highest BCUT2D eigenvalue weighted by molar-refractivity contribution is 6.28. The van der Waals surface area contributed by atoms with Crippen LogP contribution in [0.4, 0.5) is 13.2 Å². The Kier molecular flexibility index (Phi) is 5.60. The zero-order valence-corrected chi connectivity index (χ0v) is 16.9. The molecule has 31 heavy (non-hydrogen) atoms. The number of hydrogen-bond donors (Lipinski definition) is 0. The standard InChI is InChI=1S/C21H15ClF3N5O/c1-30-11-17(21(23,24)25)28-18(30)14-7-5-13(6-8-14)12-31-19-15(10-27-20(22)29-19)16-4-2-3-9-26-16/h2-11H,12H2,1H3. The fraction of sp³-hybridized carbons (Fsp3) is 0.143. The Morgan fingerprint density at radius 3 is 2.45 bits per heavy atom. The van der Waals surface area contributed by atoms with Crippen LogP contribution in [0.3, 0.4) is 0 Å². The van der Waals surface area contributed by atoms with Gasteiger partial charge in [-0.25, -0.2) is 9.97 Å². The fourth-order valence-corrected chi connectivity index (χ4v) is 3.05. The smallest absolute Gasteiger partial charge is 0.434 e. The van der Waals surface area contributed by atoms with Crippen LogP contribution in [0.1, 0.15) is 11.3 Å². The van der Waals surface area contributed by atoms with E-state index in [1.807, 2.05) is 6.07 Å². The molecule has 0 spiro atoms. The Morgan fingerprint density at radius 1 is 1.03 bits per heavy atom. The molecule has 4 rings (SSSR count). The lowest BCUT2D eigenvalue weighted by Gasteiger charge is -2.10. The quantitative estimate of drug-likeness (QED) is 0.395. The molecule has 0 radical (unpaired) electrons. The van der Waals surface area contributed by atoms with Crippen molar-refractivity contribution in [3.63, 3.8) is 0 Å². The largest absolute Gasteiger partial charge is 0.472 e. The summed E-state index contributed by atoms with van der Waals surface area (Å²) in [5.74, 6) is 0.501. The zero-order chi connectivity index (χ0) is 22.0. The lowest BCUT2D eigenvalue weighted by molar-refractivity contribution is -0.140. The molecule has 1 aromatic carbocycles. The summed E-state index contributed by atoms with van der Waals surface area (Å²) < 4.78 is 45.8. The number of imidazole rings is 1. The number of aromatic nitrogens is 5. The summed E-state index contributed by atoms with van der Waals surface area (Å²) in [6, 6.07) is 12.3. The number of alkyl halides is 3. The lowest BCUT2D eigenvalue weighted by atomic mass is 10.1. The van der Waals surface area contributed by atoms with Crippen molar-refractivity contribution in [1.29, 1.82) is 0 Å². The second-order valence-corrected chi connectivity index (χ2v) is 6.95. The van der Waals surface area contributed by atoms with Gasteiger partial charge in [-0.1, -0.05) is 30.3 Å². The molecule has 0 fully saturated rings. The van der Waals surface area contributed by atoms with Gasteiger partial charge < -0.3 is 9.30 Å². The Labute approximate surface area is 180 Å². The summed E-state index contributed by atoms with van der Waals surface area (Å²) in [6.07, 6.45) is -0.345. The maximum absolute atomic E-state index is 12.9. The highest BCUT2D eigenvalue weighted by Crippen LogP contribution is 2.31. The van der Waals surface area contributed by atoms with Crippen molar-refractivity contribution >= 4 is 11.6 Å². The van der Waals surface area contributed by atoms with E-state index in [2.05, 4.69) is 19.9 Å². The van der Waals surface area contributed by atoms with Crippen molar-refractivity contribution in [1.82, 2.24) is 24.5 Å². The summed E-state index contributed by atoms with van der Waals surface area (Å²) in [7, 11) is 1.52. The Bertz CT molecular complexity index is 1190. The van der Waals surface area contributed by atoms with Crippen molar-refractivity contribution in [2.45, 2.75) is 12.8 Å². The molecule has 6 nitrogen and oxygen atoms in total. The van der Waals surface area contributed by atoms with Crippen molar-refractivity contribution in [2.24, 2.45) is 7.05 Å². The number of pyridine rings is 1. The summed E-state index contributed by atoms with van der Waals surface area (Å²) in [4.78, 5) is 16.1. The minimum atomic E-state index is -4.49. The molecule has 0 amide bonds. The SMILES string of the molecule is Cn1cc(C(F)(F)F)nc1-c1ccc(COc2nc(Cl)ncc2-c2ccccn2)cc1. The van der Waals surface area contributed by atoms with Crippen LogP contribution in [0.15, 0.2) is 61.1 Å². The van der Waals surface area contributed by atoms with Gasteiger partial charge in [0.05, 0.1) is 11.3 Å². The van der Waals surface area contributed by atoms with Crippen LogP contribution in [-0.2, 0) is 19.8 Å². The van der Waals surface area contributed by atoms with Crippen LogP contribution >= 0.6 is 11.6 Å². The van der Waals surface area contributed by atoms with Gasteiger partial charge in [0.2, 0.25) is 11.2 Å². The van der Waals surface area contributed by atoms with E-state index in [4.69, 9.17) is 16.3 Å². The summed E-state index contributed by atoms with van der Waals surface area (Å²) >= 11 is 5.91. The molecule has 0 bridgehead atoms. The molecule has 0 unspecified atom stereocenters.